The molecule has 1 aliphatic rings. The van der Waals surface area contributed by atoms with E-state index in [1.807, 2.05) is 0 Å². The van der Waals surface area contributed by atoms with Crippen LogP contribution >= 0.6 is 11.6 Å². The van der Waals surface area contributed by atoms with Gasteiger partial charge in [0.2, 0.25) is 0 Å². The van der Waals surface area contributed by atoms with Crippen LogP contribution in [-0.4, -0.2) is 9.78 Å². The molecule has 1 aromatic carbocycles. The normalized spacial score (nSPS) is 14.2. The molecule has 0 unspecified atom stereocenters. The molecule has 0 fully saturated rings. The van der Waals surface area contributed by atoms with Gasteiger partial charge in [-0.3, -0.25) is 4.68 Å². The number of rotatable bonds is 0. The second kappa shape index (κ2) is 3.75. The summed E-state index contributed by atoms with van der Waals surface area (Å²) >= 11 is 5.96. The number of fused-ring (bicyclic) bond motifs is 3. The van der Waals surface area contributed by atoms with Crippen molar-refractivity contribution in [3.05, 3.63) is 40.5 Å². The number of alkyl halides is 3. The molecule has 6 heteroatoms. The zero-order valence-corrected chi connectivity index (χ0v) is 9.89. The first-order chi connectivity index (χ1) is 8.48. The highest BCUT2D eigenvalue weighted by molar-refractivity contribution is 6.33. The highest BCUT2D eigenvalue weighted by Gasteiger charge is 2.37. The minimum atomic E-state index is -4.39. The van der Waals surface area contributed by atoms with E-state index in [1.165, 1.54) is 16.9 Å². The fraction of sp³-hybridized carbons (Fsp3) is 0.250. The molecule has 0 aliphatic carbocycles. The molecule has 0 bridgehead atoms. The van der Waals surface area contributed by atoms with Crippen LogP contribution < -0.4 is 0 Å². The van der Waals surface area contributed by atoms with E-state index in [0.717, 1.165) is 6.07 Å². The van der Waals surface area contributed by atoms with Gasteiger partial charge in [0.05, 0.1) is 22.5 Å². The maximum atomic E-state index is 13.0. The molecule has 2 nitrogen and oxygen atoms in total. The van der Waals surface area contributed by atoms with Crippen molar-refractivity contribution in [1.82, 2.24) is 9.78 Å². The van der Waals surface area contributed by atoms with Gasteiger partial charge in [0.25, 0.3) is 0 Å². The molecule has 0 atom stereocenters. The quantitative estimate of drug-likeness (QED) is 0.714. The van der Waals surface area contributed by atoms with Crippen molar-refractivity contribution in [3.8, 4) is 11.3 Å². The fourth-order valence-electron chi connectivity index (χ4n) is 2.33. The Bertz CT molecular complexity index is 616. The van der Waals surface area contributed by atoms with Gasteiger partial charge in [-0.1, -0.05) is 23.7 Å². The monoisotopic (exact) mass is 272 g/mol. The Kier molecular flexibility index (Phi) is 2.41. The second-order valence-electron chi connectivity index (χ2n) is 4.15. The summed E-state index contributed by atoms with van der Waals surface area (Å²) in [7, 11) is 0. The van der Waals surface area contributed by atoms with Crippen molar-refractivity contribution in [3.63, 3.8) is 0 Å². The molecule has 0 N–H and O–H groups in total. The average Bonchev–Trinajstić information content (AvgIpc) is 2.69. The van der Waals surface area contributed by atoms with Crippen LogP contribution in [0.2, 0.25) is 5.02 Å². The Hall–Kier alpha value is -1.49. The highest BCUT2D eigenvalue weighted by Crippen LogP contribution is 2.43. The molecule has 0 radical (unpaired) electrons. The highest BCUT2D eigenvalue weighted by atomic mass is 35.5. The van der Waals surface area contributed by atoms with Crippen LogP contribution in [0.4, 0.5) is 13.2 Å². The molecule has 18 heavy (non-hydrogen) atoms. The summed E-state index contributed by atoms with van der Waals surface area (Å²) < 4.78 is 40.6. The van der Waals surface area contributed by atoms with E-state index < -0.39 is 11.7 Å². The lowest BCUT2D eigenvalue weighted by atomic mass is 9.93. The molecule has 1 aliphatic heterocycles. The smallest absolute Gasteiger partial charge is 0.263 e. The summed E-state index contributed by atoms with van der Waals surface area (Å²) in [5, 5.41) is 4.25. The molecule has 0 spiro atoms. The summed E-state index contributed by atoms with van der Waals surface area (Å²) in [6.45, 7) is 0.552. The third-order valence-electron chi connectivity index (χ3n) is 3.08. The number of hydrogen-bond donors (Lipinski definition) is 0. The summed E-state index contributed by atoms with van der Waals surface area (Å²) in [5.41, 5.74) is 0.549. The van der Waals surface area contributed by atoms with E-state index in [4.69, 9.17) is 11.6 Å². The van der Waals surface area contributed by atoms with E-state index in [9.17, 15) is 13.2 Å². The molecule has 2 aromatic rings. The molecule has 2 heterocycles. The lowest BCUT2D eigenvalue weighted by molar-refractivity contribution is -0.137. The van der Waals surface area contributed by atoms with Crippen molar-refractivity contribution >= 4 is 11.6 Å². The summed E-state index contributed by atoms with van der Waals surface area (Å²) in [4.78, 5) is 0. The molecule has 1 aromatic heterocycles. The van der Waals surface area contributed by atoms with Crippen LogP contribution in [0.15, 0.2) is 24.4 Å². The zero-order chi connectivity index (χ0) is 12.9. The molecule has 3 rings (SSSR count). The van der Waals surface area contributed by atoms with Gasteiger partial charge < -0.3 is 0 Å². The molecule has 94 valence electrons. The largest absolute Gasteiger partial charge is 0.417 e. The molecule has 0 amide bonds. The van der Waals surface area contributed by atoms with Crippen molar-refractivity contribution in [1.29, 1.82) is 0 Å². The van der Waals surface area contributed by atoms with E-state index >= 15 is 0 Å². The Morgan fingerprint density at radius 1 is 1.28 bits per heavy atom. The molecular weight excluding hydrogens is 265 g/mol. The van der Waals surface area contributed by atoms with Gasteiger partial charge in [0.1, 0.15) is 0 Å². The number of benzene rings is 1. The van der Waals surface area contributed by atoms with Gasteiger partial charge in [0, 0.05) is 12.1 Å². The topological polar surface area (TPSA) is 17.8 Å². The first kappa shape index (κ1) is 11.6. The van der Waals surface area contributed by atoms with E-state index in [-0.39, 0.29) is 10.6 Å². The zero-order valence-electron chi connectivity index (χ0n) is 9.13. The van der Waals surface area contributed by atoms with Crippen LogP contribution in [0, 0.1) is 0 Å². The predicted octanol–water partition coefficient (Wildman–Crippen LogP) is 3.78. The van der Waals surface area contributed by atoms with Crippen molar-refractivity contribution < 1.29 is 13.2 Å². The average molecular weight is 273 g/mol. The predicted molar refractivity (Wildman–Crippen MR) is 61.4 cm³/mol. The van der Waals surface area contributed by atoms with Gasteiger partial charge >= 0.3 is 6.18 Å². The van der Waals surface area contributed by atoms with Crippen LogP contribution in [0.3, 0.4) is 0 Å². The minimum Gasteiger partial charge on any atom is -0.263 e. The molecule has 0 saturated carbocycles. The Morgan fingerprint density at radius 3 is 2.78 bits per heavy atom. The lowest BCUT2D eigenvalue weighted by Crippen LogP contribution is -2.17. The Morgan fingerprint density at radius 2 is 2.06 bits per heavy atom. The first-order valence-electron chi connectivity index (χ1n) is 5.39. The first-order valence-corrected chi connectivity index (χ1v) is 5.77. The van der Waals surface area contributed by atoms with E-state index in [0.29, 0.717) is 24.2 Å². The van der Waals surface area contributed by atoms with Crippen molar-refractivity contribution in [2.45, 2.75) is 19.1 Å². The van der Waals surface area contributed by atoms with E-state index in [2.05, 4.69) is 5.10 Å². The number of hydrogen-bond acceptors (Lipinski definition) is 1. The SMILES string of the molecule is FC(F)(F)c1cccc2c1-c1c(Cl)cnn1CC2. The minimum absolute atomic E-state index is 0.166. The summed E-state index contributed by atoms with van der Waals surface area (Å²) in [6, 6.07) is 4.22. The number of aromatic nitrogens is 2. The number of nitrogens with zero attached hydrogens (tertiary/aromatic N) is 2. The van der Waals surface area contributed by atoms with Crippen LogP contribution in [0.5, 0.6) is 0 Å². The van der Waals surface area contributed by atoms with Crippen LogP contribution in [0.25, 0.3) is 11.3 Å². The van der Waals surface area contributed by atoms with Gasteiger partial charge in [-0.2, -0.15) is 18.3 Å². The number of aryl methyl sites for hydroxylation is 2. The van der Waals surface area contributed by atoms with E-state index in [1.54, 1.807) is 6.07 Å². The third-order valence-corrected chi connectivity index (χ3v) is 3.36. The Labute approximate surface area is 106 Å². The van der Waals surface area contributed by atoms with Crippen molar-refractivity contribution in [2.24, 2.45) is 0 Å². The fourth-order valence-corrected chi connectivity index (χ4v) is 2.57. The Balaban J connectivity index is 2.34. The maximum absolute atomic E-state index is 13.0. The van der Waals surface area contributed by atoms with Gasteiger partial charge in [-0.15, -0.1) is 0 Å². The number of halogens is 4. The molecule has 0 saturated heterocycles. The summed E-state index contributed by atoms with van der Waals surface area (Å²) in [5.74, 6) is 0. The third kappa shape index (κ3) is 1.61. The standard InChI is InChI=1S/C12H8ClF3N2/c13-9-6-17-18-5-4-7-2-1-3-8(12(14,15)16)10(7)11(9)18/h1-3,6H,4-5H2. The van der Waals surface area contributed by atoms with Crippen molar-refractivity contribution in [2.75, 3.05) is 0 Å². The lowest BCUT2D eigenvalue weighted by Gasteiger charge is -2.22. The second-order valence-corrected chi connectivity index (χ2v) is 4.56. The van der Waals surface area contributed by atoms with Gasteiger partial charge in [-0.05, 0) is 18.1 Å². The van der Waals surface area contributed by atoms with Crippen LogP contribution in [-0.2, 0) is 19.1 Å². The maximum Gasteiger partial charge on any atom is 0.417 e. The molecular formula is C12H8ClF3N2. The van der Waals surface area contributed by atoms with Crippen LogP contribution in [0.1, 0.15) is 11.1 Å². The van der Waals surface area contributed by atoms with Gasteiger partial charge in [-0.25, -0.2) is 0 Å². The van der Waals surface area contributed by atoms with Gasteiger partial charge in [0.15, 0.2) is 0 Å². The summed E-state index contributed by atoms with van der Waals surface area (Å²) in [6.07, 6.45) is -2.47.